The van der Waals surface area contributed by atoms with Gasteiger partial charge >= 0.3 is 0 Å². The van der Waals surface area contributed by atoms with Gasteiger partial charge in [-0.2, -0.15) is 5.10 Å². The molecule has 0 atom stereocenters. The van der Waals surface area contributed by atoms with Gasteiger partial charge in [-0.3, -0.25) is 9.89 Å². The lowest BCUT2D eigenvalue weighted by atomic mass is 10.1. The fraction of sp³-hybridized carbons (Fsp3) is 0.417. The monoisotopic (exact) mass is 248 g/mol. The highest BCUT2D eigenvalue weighted by atomic mass is 16.5. The summed E-state index contributed by atoms with van der Waals surface area (Å²) in [5.41, 5.74) is 2.63. The van der Waals surface area contributed by atoms with Gasteiger partial charge in [0, 0.05) is 30.9 Å². The van der Waals surface area contributed by atoms with Gasteiger partial charge in [-0.1, -0.05) is 5.16 Å². The maximum Gasteiger partial charge on any atom is 0.227 e. The highest BCUT2D eigenvalue weighted by Crippen LogP contribution is 2.14. The van der Waals surface area contributed by atoms with Crippen LogP contribution in [0.1, 0.15) is 22.6 Å². The summed E-state index contributed by atoms with van der Waals surface area (Å²) >= 11 is 0. The lowest BCUT2D eigenvalue weighted by Gasteiger charge is -2.15. The van der Waals surface area contributed by atoms with Crippen LogP contribution in [-0.4, -0.2) is 33.2 Å². The molecular formula is C12H16N4O2. The maximum atomic E-state index is 12.1. The highest BCUT2D eigenvalue weighted by Gasteiger charge is 2.16. The number of nitrogens with zero attached hydrogens (tertiary/aromatic N) is 3. The summed E-state index contributed by atoms with van der Waals surface area (Å²) in [5, 5.41) is 10.4. The average molecular weight is 248 g/mol. The molecule has 0 spiro atoms. The van der Waals surface area contributed by atoms with Crippen LogP contribution < -0.4 is 0 Å². The first kappa shape index (κ1) is 12.3. The molecule has 6 nitrogen and oxygen atoms in total. The van der Waals surface area contributed by atoms with Crippen LogP contribution in [0.2, 0.25) is 0 Å². The number of amides is 1. The van der Waals surface area contributed by atoms with Crippen molar-refractivity contribution in [1.82, 2.24) is 20.3 Å². The van der Waals surface area contributed by atoms with E-state index >= 15 is 0 Å². The van der Waals surface area contributed by atoms with Crippen LogP contribution in [0, 0.1) is 13.8 Å². The number of rotatable bonds is 4. The van der Waals surface area contributed by atoms with E-state index in [1.165, 1.54) is 0 Å². The second-order valence-corrected chi connectivity index (χ2v) is 4.34. The summed E-state index contributed by atoms with van der Waals surface area (Å²) in [6.45, 7) is 4.20. The van der Waals surface area contributed by atoms with Gasteiger partial charge in [0.25, 0.3) is 0 Å². The molecule has 6 heteroatoms. The van der Waals surface area contributed by atoms with Crippen molar-refractivity contribution in [2.45, 2.75) is 26.8 Å². The van der Waals surface area contributed by atoms with Crippen LogP contribution in [0.5, 0.6) is 0 Å². The molecule has 0 aliphatic heterocycles. The molecule has 0 saturated carbocycles. The zero-order valence-electron chi connectivity index (χ0n) is 10.7. The number of hydrogen-bond acceptors (Lipinski definition) is 4. The van der Waals surface area contributed by atoms with E-state index in [2.05, 4.69) is 15.4 Å². The summed E-state index contributed by atoms with van der Waals surface area (Å²) in [7, 11) is 1.77. The Morgan fingerprint density at radius 2 is 2.28 bits per heavy atom. The smallest absolute Gasteiger partial charge is 0.227 e. The topological polar surface area (TPSA) is 75.0 Å². The third kappa shape index (κ3) is 2.58. The van der Waals surface area contributed by atoms with Gasteiger partial charge in [0.2, 0.25) is 5.91 Å². The summed E-state index contributed by atoms with van der Waals surface area (Å²) in [5.74, 6) is 0.739. The molecule has 0 unspecified atom stereocenters. The van der Waals surface area contributed by atoms with E-state index in [0.29, 0.717) is 18.7 Å². The summed E-state index contributed by atoms with van der Waals surface area (Å²) in [6.07, 6.45) is 3.80. The number of carbonyl (C=O) groups is 1. The molecule has 0 fully saturated rings. The lowest BCUT2D eigenvalue weighted by Crippen LogP contribution is -2.27. The summed E-state index contributed by atoms with van der Waals surface area (Å²) in [6, 6.07) is 0. The van der Waals surface area contributed by atoms with Gasteiger partial charge in [0.1, 0.15) is 5.76 Å². The Kier molecular flexibility index (Phi) is 3.45. The first-order chi connectivity index (χ1) is 8.58. The second-order valence-electron chi connectivity index (χ2n) is 4.34. The zero-order valence-corrected chi connectivity index (χ0v) is 10.7. The van der Waals surface area contributed by atoms with Gasteiger partial charge in [-0.15, -0.1) is 0 Å². The molecule has 2 aromatic rings. The maximum absolute atomic E-state index is 12.1. The molecule has 2 aromatic heterocycles. The number of aromatic nitrogens is 3. The molecule has 1 amide bonds. The van der Waals surface area contributed by atoms with Crippen LogP contribution in [0.25, 0.3) is 0 Å². The molecular weight excluding hydrogens is 232 g/mol. The van der Waals surface area contributed by atoms with Crippen molar-refractivity contribution in [1.29, 1.82) is 0 Å². The Balaban J connectivity index is 2.00. The van der Waals surface area contributed by atoms with Crippen molar-refractivity contribution in [2.24, 2.45) is 0 Å². The summed E-state index contributed by atoms with van der Waals surface area (Å²) < 4.78 is 5.05. The van der Waals surface area contributed by atoms with E-state index in [1.807, 2.05) is 13.8 Å². The third-order valence-electron chi connectivity index (χ3n) is 2.91. The van der Waals surface area contributed by atoms with Crippen molar-refractivity contribution >= 4 is 5.91 Å². The van der Waals surface area contributed by atoms with Crippen molar-refractivity contribution in [3.63, 3.8) is 0 Å². The second kappa shape index (κ2) is 5.03. The molecule has 0 aromatic carbocycles. The summed E-state index contributed by atoms with van der Waals surface area (Å²) in [4.78, 5) is 13.7. The van der Waals surface area contributed by atoms with E-state index in [0.717, 1.165) is 16.8 Å². The highest BCUT2D eigenvalue weighted by molar-refractivity contribution is 5.78. The van der Waals surface area contributed by atoms with Crippen LogP contribution in [-0.2, 0) is 17.8 Å². The molecule has 2 rings (SSSR count). The minimum absolute atomic E-state index is 0.0330. The Hall–Kier alpha value is -2.11. The van der Waals surface area contributed by atoms with Crippen LogP contribution in [0.3, 0.4) is 0 Å². The van der Waals surface area contributed by atoms with E-state index in [1.54, 1.807) is 24.3 Å². The first-order valence-corrected chi connectivity index (χ1v) is 5.71. The normalized spacial score (nSPS) is 10.6. The Morgan fingerprint density at radius 1 is 1.50 bits per heavy atom. The molecule has 2 heterocycles. The van der Waals surface area contributed by atoms with Gasteiger partial charge in [-0.25, -0.2) is 0 Å². The quantitative estimate of drug-likeness (QED) is 0.882. The molecule has 1 N–H and O–H groups in total. The van der Waals surface area contributed by atoms with Crippen molar-refractivity contribution in [3.8, 4) is 0 Å². The minimum Gasteiger partial charge on any atom is -0.361 e. The molecule has 0 bridgehead atoms. The standard InChI is InChI=1S/C12H16N4O2/c1-8-11(9(2)18-15-8)4-12(17)16(3)7-10-5-13-14-6-10/h5-6H,4,7H2,1-3H3,(H,13,14). The molecule has 0 saturated heterocycles. The van der Waals surface area contributed by atoms with Crippen molar-refractivity contribution in [2.75, 3.05) is 7.05 Å². The van der Waals surface area contributed by atoms with Gasteiger partial charge in [-0.05, 0) is 13.8 Å². The molecule has 18 heavy (non-hydrogen) atoms. The fourth-order valence-corrected chi connectivity index (χ4v) is 1.77. The van der Waals surface area contributed by atoms with E-state index in [-0.39, 0.29) is 5.91 Å². The Labute approximate surface area is 105 Å². The Morgan fingerprint density at radius 3 is 2.83 bits per heavy atom. The predicted molar refractivity (Wildman–Crippen MR) is 64.7 cm³/mol. The average Bonchev–Trinajstić information content (AvgIpc) is 2.94. The van der Waals surface area contributed by atoms with Gasteiger partial charge in [0.15, 0.2) is 0 Å². The van der Waals surface area contributed by atoms with Crippen molar-refractivity contribution in [3.05, 3.63) is 35.0 Å². The van der Waals surface area contributed by atoms with E-state index in [4.69, 9.17) is 4.52 Å². The molecule has 0 aliphatic carbocycles. The van der Waals surface area contributed by atoms with Crippen LogP contribution in [0.15, 0.2) is 16.9 Å². The van der Waals surface area contributed by atoms with E-state index in [9.17, 15) is 4.79 Å². The van der Waals surface area contributed by atoms with Gasteiger partial charge < -0.3 is 9.42 Å². The Bertz CT molecular complexity index is 511. The van der Waals surface area contributed by atoms with Crippen LogP contribution in [0.4, 0.5) is 0 Å². The number of nitrogens with one attached hydrogen (secondary N) is 1. The number of H-pyrrole nitrogens is 1. The van der Waals surface area contributed by atoms with Gasteiger partial charge in [0.05, 0.1) is 18.3 Å². The SMILES string of the molecule is Cc1noc(C)c1CC(=O)N(C)Cc1cn[nH]c1. The minimum atomic E-state index is 0.0330. The first-order valence-electron chi connectivity index (χ1n) is 5.71. The van der Waals surface area contributed by atoms with Crippen LogP contribution >= 0.6 is 0 Å². The number of hydrogen-bond donors (Lipinski definition) is 1. The molecule has 96 valence electrons. The van der Waals surface area contributed by atoms with Crippen molar-refractivity contribution < 1.29 is 9.32 Å². The zero-order chi connectivity index (χ0) is 13.1. The molecule has 0 radical (unpaired) electrons. The number of aryl methyl sites for hydroxylation is 2. The number of likely N-dealkylation sites (N-methyl/N-ethyl adjacent to an activating group) is 1. The lowest BCUT2D eigenvalue weighted by molar-refractivity contribution is -0.129. The fourth-order valence-electron chi connectivity index (χ4n) is 1.77. The largest absolute Gasteiger partial charge is 0.361 e. The third-order valence-corrected chi connectivity index (χ3v) is 2.91. The number of carbonyl (C=O) groups excluding carboxylic acids is 1. The number of aromatic amines is 1. The predicted octanol–water partition coefficient (Wildman–Crippen LogP) is 1.22. The molecule has 0 aliphatic rings. The van der Waals surface area contributed by atoms with E-state index < -0.39 is 0 Å².